The SMILES string of the molecule is [2H][C@@]1(O)[C@H](O)[C@@H](CO)O[C@H]1n1cc(CNCC(=O)O)c(=O)[nH]c1=O. The zero-order valence-corrected chi connectivity index (χ0v) is 11.8. The molecule has 0 saturated carbocycles. The third-order valence-corrected chi connectivity index (χ3v) is 3.28. The minimum absolute atomic E-state index is 0.0443. The van der Waals surface area contributed by atoms with Crippen molar-refractivity contribution in [3.63, 3.8) is 0 Å². The van der Waals surface area contributed by atoms with Crippen molar-refractivity contribution in [2.45, 2.75) is 31.1 Å². The Hall–Kier alpha value is -2.05. The molecule has 11 heteroatoms. The van der Waals surface area contributed by atoms with E-state index in [1.54, 1.807) is 0 Å². The van der Waals surface area contributed by atoms with Crippen molar-refractivity contribution >= 4 is 5.97 Å². The smallest absolute Gasteiger partial charge is 0.330 e. The number of hydrogen-bond donors (Lipinski definition) is 6. The van der Waals surface area contributed by atoms with Crippen LogP contribution in [-0.4, -0.2) is 67.4 Å². The van der Waals surface area contributed by atoms with E-state index < -0.39 is 54.9 Å². The molecule has 0 aromatic carbocycles. The lowest BCUT2D eigenvalue weighted by atomic mass is 10.1. The van der Waals surface area contributed by atoms with Gasteiger partial charge in [0, 0.05) is 18.3 Å². The number of ether oxygens (including phenoxy) is 1. The van der Waals surface area contributed by atoms with Gasteiger partial charge in [-0.15, -0.1) is 0 Å². The molecule has 0 amide bonds. The summed E-state index contributed by atoms with van der Waals surface area (Å²) in [6.45, 7) is -1.31. The Balaban J connectivity index is 2.35. The second-order valence-electron chi connectivity index (χ2n) is 4.90. The van der Waals surface area contributed by atoms with Crippen LogP contribution in [0.1, 0.15) is 13.2 Å². The van der Waals surface area contributed by atoms with Crippen molar-refractivity contribution in [2.75, 3.05) is 13.2 Å². The lowest BCUT2D eigenvalue weighted by Crippen LogP contribution is -2.39. The van der Waals surface area contributed by atoms with Gasteiger partial charge in [0.2, 0.25) is 0 Å². The van der Waals surface area contributed by atoms with Gasteiger partial charge in [-0.1, -0.05) is 0 Å². The predicted molar refractivity (Wildman–Crippen MR) is 73.7 cm³/mol. The highest BCUT2D eigenvalue weighted by molar-refractivity contribution is 5.68. The number of aromatic nitrogens is 2. The van der Waals surface area contributed by atoms with E-state index in [1.807, 2.05) is 4.98 Å². The van der Waals surface area contributed by atoms with Crippen LogP contribution in [0.25, 0.3) is 0 Å². The van der Waals surface area contributed by atoms with E-state index in [0.717, 1.165) is 6.20 Å². The number of aliphatic carboxylic acids is 1. The second-order valence-corrected chi connectivity index (χ2v) is 4.90. The van der Waals surface area contributed by atoms with Crippen molar-refractivity contribution in [3.05, 3.63) is 32.6 Å². The minimum Gasteiger partial charge on any atom is -0.480 e. The molecule has 1 aromatic heterocycles. The van der Waals surface area contributed by atoms with Crippen LogP contribution in [0, 0.1) is 0 Å². The Kier molecular flexibility index (Phi) is 4.83. The van der Waals surface area contributed by atoms with E-state index in [1.165, 1.54) is 0 Å². The van der Waals surface area contributed by atoms with Gasteiger partial charge in [-0.3, -0.25) is 19.1 Å². The van der Waals surface area contributed by atoms with Crippen LogP contribution in [0.5, 0.6) is 0 Å². The number of aliphatic hydroxyl groups is 3. The first kappa shape index (κ1) is 15.8. The van der Waals surface area contributed by atoms with Gasteiger partial charge < -0.3 is 30.5 Å². The maximum absolute atomic E-state index is 11.9. The summed E-state index contributed by atoms with van der Waals surface area (Å²) in [5.74, 6) is -1.15. The first-order chi connectivity index (χ1) is 11.2. The Bertz CT molecular complexity index is 730. The summed E-state index contributed by atoms with van der Waals surface area (Å²) in [5, 5.41) is 39.9. The van der Waals surface area contributed by atoms with Gasteiger partial charge in [-0.25, -0.2) is 4.79 Å². The number of carbonyl (C=O) groups is 1. The topological polar surface area (TPSA) is 174 Å². The van der Waals surface area contributed by atoms with Crippen molar-refractivity contribution in [1.29, 1.82) is 0 Å². The Morgan fingerprint density at radius 1 is 1.48 bits per heavy atom. The van der Waals surface area contributed by atoms with Gasteiger partial charge in [-0.2, -0.15) is 0 Å². The van der Waals surface area contributed by atoms with E-state index in [2.05, 4.69) is 5.32 Å². The number of hydrogen-bond acceptors (Lipinski definition) is 8. The molecule has 2 heterocycles. The maximum Gasteiger partial charge on any atom is 0.330 e. The van der Waals surface area contributed by atoms with Crippen molar-refractivity contribution < 1.29 is 31.3 Å². The molecule has 11 nitrogen and oxygen atoms in total. The fourth-order valence-electron chi connectivity index (χ4n) is 2.13. The molecule has 6 N–H and O–H groups in total. The monoisotopic (exact) mass is 332 g/mol. The van der Waals surface area contributed by atoms with Crippen LogP contribution in [0.15, 0.2) is 15.8 Å². The van der Waals surface area contributed by atoms with Crippen molar-refractivity contribution in [2.24, 2.45) is 0 Å². The van der Waals surface area contributed by atoms with Crippen LogP contribution in [0.3, 0.4) is 0 Å². The molecule has 1 aromatic rings. The summed E-state index contributed by atoms with van der Waals surface area (Å²) >= 11 is 0. The summed E-state index contributed by atoms with van der Waals surface area (Å²) in [4.78, 5) is 36.1. The number of carboxylic acids is 1. The normalized spacial score (nSPS) is 31.1. The number of carboxylic acid groups (broad SMARTS) is 1. The van der Waals surface area contributed by atoms with E-state index in [-0.39, 0.29) is 12.1 Å². The zero-order chi connectivity index (χ0) is 18.1. The van der Waals surface area contributed by atoms with E-state index >= 15 is 0 Å². The zero-order valence-electron chi connectivity index (χ0n) is 12.8. The molecule has 1 fully saturated rings. The molecule has 128 valence electrons. The van der Waals surface area contributed by atoms with Crippen molar-refractivity contribution in [1.82, 2.24) is 14.9 Å². The average molecular weight is 332 g/mol. The molecule has 1 aliphatic rings. The summed E-state index contributed by atoms with van der Waals surface area (Å²) in [6.07, 6.45) is -6.38. The minimum atomic E-state index is -2.64. The van der Waals surface area contributed by atoms with Crippen molar-refractivity contribution in [3.8, 4) is 0 Å². The lowest BCUT2D eigenvalue weighted by Gasteiger charge is -2.18. The number of nitrogens with one attached hydrogen (secondary N) is 2. The number of rotatable bonds is 6. The predicted octanol–water partition coefficient (Wildman–Crippen LogP) is -3.68. The first-order valence-electron chi connectivity index (χ1n) is 7.12. The van der Waals surface area contributed by atoms with Gasteiger partial charge in [0.15, 0.2) is 6.23 Å². The molecule has 0 bridgehead atoms. The van der Waals surface area contributed by atoms with Gasteiger partial charge in [-0.05, 0) is 0 Å². The lowest BCUT2D eigenvalue weighted by molar-refractivity contribution is -0.136. The van der Waals surface area contributed by atoms with Crippen LogP contribution in [0.4, 0.5) is 0 Å². The van der Waals surface area contributed by atoms with Gasteiger partial charge in [0.25, 0.3) is 5.56 Å². The summed E-state index contributed by atoms with van der Waals surface area (Å²) < 4.78 is 13.6. The third kappa shape index (κ3) is 3.65. The number of aliphatic hydroxyl groups excluding tert-OH is 2. The average Bonchev–Trinajstić information content (AvgIpc) is 2.72. The molecule has 1 saturated heterocycles. The second kappa shape index (κ2) is 7.02. The molecule has 1 aliphatic heterocycles. The van der Waals surface area contributed by atoms with E-state index in [9.17, 15) is 24.6 Å². The molecular weight excluding hydrogens is 314 g/mol. The Labute approximate surface area is 130 Å². The fraction of sp³-hybridized carbons (Fsp3) is 0.583. The van der Waals surface area contributed by atoms with Crippen LogP contribution in [-0.2, 0) is 16.1 Å². The van der Waals surface area contributed by atoms with Crippen LogP contribution < -0.4 is 16.6 Å². The fourth-order valence-corrected chi connectivity index (χ4v) is 2.13. The number of aromatic amines is 1. The van der Waals surface area contributed by atoms with E-state index in [0.29, 0.717) is 4.57 Å². The summed E-state index contributed by atoms with van der Waals surface area (Å²) in [6, 6.07) is 0. The highest BCUT2D eigenvalue weighted by Crippen LogP contribution is 2.27. The number of nitrogens with zero attached hydrogens (tertiary/aromatic N) is 1. The first-order valence-corrected chi connectivity index (χ1v) is 6.62. The molecule has 0 radical (unpaired) electrons. The Morgan fingerprint density at radius 3 is 2.74 bits per heavy atom. The highest BCUT2D eigenvalue weighted by atomic mass is 16.6. The van der Waals surface area contributed by atoms with Crippen LogP contribution >= 0.6 is 0 Å². The molecule has 0 unspecified atom stereocenters. The molecule has 0 spiro atoms. The third-order valence-electron chi connectivity index (χ3n) is 3.28. The summed E-state index contributed by atoms with van der Waals surface area (Å²) in [5.41, 5.74) is -1.82. The number of H-pyrrole nitrogens is 1. The highest BCUT2D eigenvalue weighted by Gasteiger charge is 2.43. The molecular formula is C12H17N3O8. The van der Waals surface area contributed by atoms with Gasteiger partial charge in [0.1, 0.15) is 18.3 Å². The van der Waals surface area contributed by atoms with E-state index in [4.69, 9.17) is 16.3 Å². The maximum atomic E-state index is 11.9. The van der Waals surface area contributed by atoms with Gasteiger partial charge in [0.05, 0.1) is 14.5 Å². The largest absolute Gasteiger partial charge is 0.480 e. The molecule has 2 rings (SSSR count). The molecule has 4 atom stereocenters. The molecule has 0 aliphatic carbocycles. The summed E-state index contributed by atoms with van der Waals surface area (Å²) in [7, 11) is 0. The van der Waals surface area contributed by atoms with Gasteiger partial charge >= 0.3 is 11.7 Å². The van der Waals surface area contributed by atoms with Crippen LogP contribution in [0.2, 0.25) is 0 Å². The molecule has 23 heavy (non-hydrogen) atoms. The Morgan fingerprint density at radius 2 is 2.17 bits per heavy atom. The standard InChI is InChI=1S/C12H17N3O8/c16-4-6-8(19)9(20)11(23-6)15-3-5(1-13-2-7(17)18)10(21)14-12(15)22/h3,6,8-9,11,13,16,19-20H,1-2,4H2,(H,17,18)(H,14,21,22)/t6-,8-,9-,11-/m1/s1/i9D. The quantitative estimate of drug-likeness (QED) is 0.306.